The number of tetrazole rings is 1. The van der Waals surface area contributed by atoms with E-state index in [1.165, 1.54) is 16.9 Å². The molecule has 0 saturated carbocycles. The molecular formula is C26H22F3N5OS. The maximum Gasteiger partial charge on any atom is 0.416 e. The molecule has 0 fully saturated rings. The first-order valence-corrected chi connectivity index (χ1v) is 12.2. The van der Waals surface area contributed by atoms with Crippen LogP contribution in [0.4, 0.5) is 24.5 Å². The molecule has 0 aliphatic carbocycles. The number of para-hydroxylation sites is 1. The zero-order valence-electron chi connectivity index (χ0n) is 19.0. The zero-order chi connectivity index (χ0) is 25.0. The fourth-order valence-electron chi connectivity index (χ4n) is 3.79. The highest BCUT2D eigenvalue weighted by atomic mass is 32.2. The Morgan fingerprint density at radius 1 is 0.972 bits per heavy atom. The lowest BCUT2D eigenvalue weighted by Gasteiger charge is -2.26. The van der Waals surface area contributed by atoms with E-state index in [0.29, 0.717) is 35.9 Å². The average Bonchev–Trinajstić information content (AvgIpc) is 3.54. The van der Waals surface area contributed by atoms with Gasteiger partial charge in [-0.15, -0.1) is 22.0 Å². The Labute approximate surface area is 210 Å². The minimum Gasteiger partial charge on any atom is -0.363 e. The number of nitrogens with zero attached hydrogens (tertiary/aromatic N) is 4. The van der Waals surface area contributed by atoms with E-state index in [4.69, 9.17) is 4.74 Å². The van der Waals surface area contributed by atoms with E-state index in [1.54, 1.807) is 11.8 Å². The van der Waals surface area contributed by atoms with E-state index in [0.717, 1.165) is 23.4 Å². The summed E-state index contributed by atoms with van der Waals surface area (Å²) in [6.07, 6.45) is -2.35. The summed E-state index contributed by atoms with van der Waals surface area (Å²) in [5, 5.41) is 18.2. The van der Waals surface area contributed by atoms with Crippen molar-refractivity contribution in [2.24, 2.45) is 0 Å². The normalized spacial score (nSPS) is 17.4. The summed E-state index contributed by atoms with van der Waals surface area (Å²) < 4.78 is 44.9. The van der Waals surface area contributed by atoms with Gasteiger partial charge in [0.25, 0.3) is 0 Å². The van der Waals surface area contributed by atoms with Crippen LogP contribution in [0.2, 0.25) is 0 Å². The molecule has 1 N–H and O–H groups in total. The van der Waals surface area contributed by atoms with Crippen LogP contribution in [0.5, 0.6) is 0 Å². The molecule has 184 valence electrons. The van der Waals surface area contributed by atoms with E-state index >= 15 is 0 Å². The van der Waals surface area contributed by atoms with Crippen LogP contribution in [0, 0.1) is 0 Å². The van der Waals surface area contributed by atoms with Crippen molar-refractivity contribution in [2.75, 3.05) is 11.1 Å². The zero-order valence-corrected chi connectivity index (χ0v) is 19.8. The van der Waals surface area contributed by atoms with Crippen molar-refractivity contribution in [1.82, 2.24) is 20.2 Å². The summed E-state index contributed by atoms with van der Waals surface area (Å²) >= 11 is 1.67. The van der Waals surface area contributed by atoms with Crippen molar-refractivity contribution in [1.29, 1.82) is 0 Å². The first-order chi connectivity index (χ1) is 17.4. The molecule has 1 aliphatic heterocycles. The number of halogens is 3. The van der Waals surface area contributed by atoms with E-state index in [-0.39, 0.29) is 0 Å². The SMILES string of the molecule is FC(F)(F)c1ccc(Nc2ccccc2-c2nnn(CC3(OCc4ccccc4)C=CSC3)n2)cc1. The summed E-state index contributed by atoms with van der Waals surface area (Å²) in [6, 6.07) is 22.1. The minimum atomic E-state index is -4.38. The van der Waals surface area contributed by atoms with Gasteiger partial charge in [0.1, 0.15) is 5.60 Å². The topological polar surface area (TPSA) is 64.9 Å². The molecule has 1 aliphatic rings. The van der Waals surface area contributed by atoms with Crippen LogP contribution in [-0.4, -0.2) is 31.6 Å². The third-order valence-corrected chi connectivity index (χ3v) is 6.67. The summed E-state index contributed by atoms with van der Waals surface area (Å²) in [5.74, 6) is 1.14. The fourth-order valence-corrected chi connectivity index (χ4v) is 4.78. The average molecular weight is 510 g/mol. The second-order valence-electron chi connectivity index (χ2n) is 8.34. The van der Waals surface area contributed by atoms with Gasteiger partial charge in [-0.25, -0.2) is 0 Å². The van der Waals surface area contributed by atoms with E-state index < -0.39 is 17.3 Å². The van der Waals surface area contributed by atoms with Gasteiger partial charge in [0.15, 0.2) is 0 Å². The lowest BCUT2D eigenvalue weighted by molar-refractivity contribution is -0.137. The van der Waals surface area contributed by atoms with Crippen LogP contribution in [0.3, 0.4) is 0 Å². The standard InChI is InChI=1S/C26H22F3N5OS/c27-26(28,29)20-10-12-21(13-11-20)30-23-9-5-4-8-22(23)24-31-33-34(32-24)17-25(14-15-36-18-25)35-16-19-6-2-1-3-7-19/h1-15,30H,16-18H2. The van der Waals surface area contributed by atoms with Crippen molar-refractivity contribution in [2.45, 2.75) is 24.9 Å². The van der Waals surface area contributed by atoms with Gasteiger partial charge in [-0.05, 0) is 58.7 Å². The van der Waals surface area contributed by atoms with Gasteiger partial charge in [-0.3, -0.25) is 0 Å². The summed E-state index contributed by atoms with van der Waals surface area (Å²) in [5.41, 5.74) is 1.68. The third-order valence-electron chi connectivity index (χ3n) is 5.69. The summed E-state index contributed by atoms with van der Waals surface area (Å²) in [6.45, 7) is 0.859. The molecule has 3 aromatic carbocycles. The minimum absolute atomic E-state index is 0.394. The lowest BCUT2D eigenvalue weighted by Crippen LogP contribution is -2.37. The first kappa shape index (κ1) is 24.1. The van der Waals surface area contributed by atoms with Gasteiger partial charge in [0.05, 0.1) is 18.7 Å². The van der Waals surface area contributed by atoms with Gasteiger partial charge in [-0.2, -0.15) is 18.0 Å². The van der Waals surface area contributed by atoms with Crippen LogP contribution in [0.1, 0.15) is 11.1 Å². The van der Waals surface area contributed by atoms with Crippen LogP contribution in [0.15, 0.2) is 90.3 Å². The number of thioether (sulfide) groups is 1. The van der Waals surface area contributed by atoms with E-state index in [1.807, 2.05) is 66.1 Å². The van der Waals surface area contributed by atoms with Crippen LogP contribution >= 0.6 is 11.8 Å². The molecule has 4 aromatic rings. The molecule has 0 saturated heterocycles. The molecular weight excluding hydrogens is 487 g/mol. The Morgan fingerprint density at radius 3 is 2.44 bits per heavy atom. The number of anilines is 2. The smallest absolute Gasteiger partial charge is 0.363 e. The molecule has 0 amide bonds. The van der Waals surface area contributed by atoms with Crippen molar-refractivity contribution >= 4 is 23.1 Å². The van der Waals surface area contributed by atoms with Crippen LogP contribution < -0.4 is 5.32 Å². The molecule has 0 spiro atoms. The highest BCUT2D eigenvalue weighted by Gasteiger charge is 2.33. The number of nitrogens with one attached hydrogen (secondary N) is 1. The molecule has 1 unspecified atom stereocenters. The van der Waals surface area contributed by atoms with Crippen molar-refractivity contribution < 1.29 is 17.9 Å². The number of aromatic nitrogens is 4. The third kappa shape index (κ3) is 5.60. The maximum atomic E-state index is 12.9. The first-order valence-electron chi connectivity index (χ1n) is 11.2. The van der Waals surface area contributed by atoms with Crippen molar-refractivity contribution in [3.63, 3.8) is 0 Å². The van der Waals surface area contributed by atoms with Gasteiger partial charge in [0, 0.05) is 22.7 Å². The van der Waals surface area contributed by atoms with Gasteiger partial charge < -0.3 is 10.1 Å². The van der Waals surface area contributed by atoms with Gasteiger partial charge in [-0.1, -0.05) is 42.5 Å². The van der Waals surface area contributed by atoms with Crippen molar-refractivity contribution in [3.05, 3.63) is 101 Å². The molecule has 6 nitrogen and oxygen atoms in total. The molecule has 0 bridgehead atoms. The Balaban J connectivity index is 1.32. The molecule has 1 atom stereocenters. The highest BCUT2D eigenvalue weighted by molar-refractivity contribution is 8.02. The van der Waals surface area contributed by atoms with E-state index in [9.17, 15) is 13.2 Å². The molecule has 5 rings (SSSR count). The van der Waals surface area contributed by atoms with Gasteiger partial charge in [0.2, 0.25) is 5.82 Å². The predicted octanol–water partition coefficient (Wildman–Crippen LogP) is 6.32. The predicted molar refractivity (Wildman–Crippen MR) is 134 cm³/mol. The monoisotopic (exact) mass is 509 g/mol. The van der Waals surface area contributed by atoms with Crippen LogP contribution in [0.25, 0.3) is 11.4 Å². The Bertz CT molecular complexity index is 1340. The quantitative estimate of drug-likeness (QED) is 0.300. The van der Waals surface area contributed by atoms with Crippen LogP contribution in [-0.2, 0) is 24.1 Å². The molecule has 36 heavy (non-hydrogen) atoms. The highest BCUT2D eigenvalue weighted by Crippen LogP contribution is 2.33. The number of rotatable bonds is 8. The summed E-state index contributed by atoms with van der Waals surface area (Å²) in [7, 11) is 0. The second kappa shape index (κ2) is 10.2. The molecule has 10 heteroatoms. The molecule has 0 radical (unpaired) electrons. The van der Waals surface area contributed by atoms with Crippen molar-refractivity contribution in [3.8, 4) is 11.4 Å². The largest absolute Gasteiger partial charge is 0.416 e. The number of benzene rings is 3. The van der Waals surface area contributed by atoms with Gasteiger partial charge >= 0.3 is 6.18 Å². The lowest BCUT2D eigenvalue weighted by atomic mass is 10.1. The second-order valence-corrected chi connectivity index (χ2v) is 9.24. The maximum absolute atomic E-state index is 12.9. The fraction of sp³-hybridized carbons (Fsp3) is 0.192. The van der Waals surface area contributed by atoms with E-state index in [2.05, 4.69) is 20.7 Å². The summed E-state index contributed by atoms with van der Waals surface area (Å²) in [4.78, 5) is 1.52. The number of hydrogen-bond donors (Lipinski definition) is 1. The number of hydrogen-bond acceptors (Lipinski definition) is 6. The molecule has 1 aromatic heterocycles. The Morgan fingerprint density at radius 2 is 1.72 bits per heavy atom. The number of alkyl halides is 3. The Hall–Kier alpha value is -3.63. The number of ether oxygens (including phenoxy) is 1. The Kier molecular flexibility index (Phi) is 6.80. The molecule has 2 heterocycles.